The lowest BCUT2D eigenvalue weighted by molar-refractivity contribution is -0.125. The van der Waals surface area contributed by atoms with Crippen LogP contribution < -0.4 is 0 Å². The molecule has 1 aliphatic carbocycles. The van der Waals surface area contributed by atoms with Crippen molar-refractivity contribution < 1.29 is 13.2 Å². The van der Waals surface area contributed by atoms with Crippen molar-refractivity contribution in [2.75, 3.05) is 11.5 Å². The van der Waals surface area contributed by atoms with Gasteiger partial charge in [-0.1, -0.05) is 26.7 Å². The molecule has 2 unspecified atom stereocenters. The second-order valence-corrected chi connectivity index (χ2v) is 7.59. The van der Waals surface area contributed by atoms with Crippen molar-refractivity contribution in [1.29, 1.82) is 0 Å². The van der Waals surface area contributed by atoms with E-state index >= 15 is 0 Å². The molecule has 0 aromatic carbocycles. The Hall–Kier alpha value is -0.380. The molecule has 17 heavy (non-hydrogen) atoms. The molecule has 4 heteroatoms. The van der Waals surface area contributed by atoms with Crippen LogP contribution in [0.5, 0.6) is 0 Å². The van der Waals surface area contributed by atoms with Crippen LogP contribution in [0.2, 0.25) is 0 Å². The molecule has 1 rings (SSSR count). The van der Waals surface area contributed by atoms with Crippen LogP contribution in [-0.4, -0.2) is 25.7 Å². The number of carbonyl (C=O) groups excluding carboxylic acids is 1. The van der Waals surface area contributed by atoms with Gasteiger partial charge in [0.2, 0.25) is 0 Å². The van der Waals surface area contributed by atoms with E-state index in [2.05, 4.69) is 6.92 Å². The number of hydrogen-bond donors (Lipinski definition) is 0. The Balaban J connectivity index is 2.48. The Morgan fingerprint density at radius 2 is 1.94 bits per heavy atom. The number of carbonyl (C=O) groups is 1. The highest BCUT2D eigenvalue weighted by molar-refractivity contribution is 7.91. The van der Waals surface area contributed by atoms with Crippen LogP contribution >= 0.6 is 0 Å². The van der Waals surface area contributed by atoms with Gasteiger partial charge >= 0.3 is 0 Å². The summed E-state index contributed by atoms with van der Waals surface area (Å²) in [4.78, 5) is 11.8. The highest BCUT2D eigenvalue weighted by Crippen LogP contribution is 2.31. The fourth-order valence-electron chi connectivity index (χ4n) is 2.62. The summed E-state index contributed by atoms with van der Waals surface area (Å²) in [5.74, 6) is 1.28. The Kier molecular flexibility index (Phi) is 5.63. The summed E-state index contributed by atoms with van der Waals surface area (Å²) >= 11 is 0. The lowest BCUT2D eigenvalue weighted by Crippen LogP contribution is -2.27. The van der Waals surface area contributed by atoms with Crippen molar-refractivity contribution in [3.05, 3.63) is 0 Å². The van der Waals surface area contributed by atoms with Crippen LogP contribution in [0.1, 0.15) is 52.4 Å². The first kappa shape index (κ1) is 14.7. The molecule has 0 amide bonds. The molecule has 0 N–H and O–H groups in total. The van der Waals surface area contributed by atoms with Crippen LogP contribution in [-0.2, 0) is 14.6 Å². The molecule has 0 bridgehead atoms. The molecule has 0 spiro atoms. The van der Waals surface area contributed by atoms with Crippen molar-refractivity contribution in [3.63, 3.8) is 0 Å². The third-order valence-corrected chi connectivity index (χ3v) is 5.52. The maximum atomic E-state index is 11.8. The molecular formula is C13H24O3S. The molecular weight excluding hydrogens is 236 g/mol. The third kappa shape index (κ3) is 4.78. The van der Waals surface area contributed by atoms with E-state index in [0.717, 1.165) is 19.3 Å². The molecule has 0 aliphatic heterocycles. The maximum Gasteiger partial charge on any atom is 0.150 e. The lowest BCUT2D eigenvalue weighted by Gasteiger charge is -2.27. The Morgan fingerprint density at radius 3 is 2.53 bits per heavy atom. The first-order chi connectivity index (χ1) is 7.98. The van der Waals surface area contributed by atoms with Gasteiger partial charge in [-0.3, -0.25) is 4.79 Å². The standard InChI is InChI=1S/C13H24O3S/c1-3-5-11-6-7-13(14)12(10-11)8-9-17(15,16)4-2/h11-12H,3-10H2,1-2H3. The summed E-state index contributed by atoms with van der Waals surface area (Å²) in [6.45, 7) is 3.82. The van der Waals surface area contributed by atoms with Crippen molar-refractivity contribution in [1.82, 2.24) is 0 Å². The summed E-state index contributed by atoms with van der Waals surface area (Å²) in [5.41, 5.74) is 0. The summed E-state index contributed by atoms with van der Waals surface area (Å²) < 4.78 is 22.9. The van der Waals surface area contributed by atoms with Gasteiger partial charge in [-0.2, -0.15) is 0 Å². The highest BCUT2D eigenvalue weighted by Gasteiger charge is 2.28. The summed E-state index contributed by atoms with van der Waals surface area (Å²) in [5, 5.41) is 0. The SMILES string of the molecule is CCCC1CCC(=O)C(CCS(=O)(=O)CC)C1. The fourth-order valence-corrected chi connectivity index (χ4v) is 3.55. The zero-order valence-electron chi connectivity index (χ0n) is 10.9. The molecule has 0 aromatic heterocycles. The number of rotatable bonds is 6. The van der Waals surface area contributed by atoms with Gasteiger partial charge in [0.25, 0.3) is 0 Å². The molecule has 1 saturated carbocycles. The summed E-state index contributed by atoms with van der Waals surface area (Å²) in [6, 6.07) is 0. The second kappa shape index (κ2) is 6.53. The van der Waals surface area contributed by atoms with Gasteiger partial charge in [0.15, 0.2) is 0 Å². The molecule has 3 nitrogen and oxygen atoms in total. The minimum atomic E-state index is -2.92. The molecule has 1 fully saturated rings. The number of ketones is 1. The molecule has 0 saturated heterocycles. The first-order valence-corrected chi connectivity index (χ1v) is 8.53. The first-order valence-electron chi connectivity index (χ1n) is 6.71. The van der Waals surface area contributed by atoms with E-state index in [1.165, 1.54) is 6.42 Å². The zero-order valence-corrected chi connectivity index (χ0v) is 11.8. The minimum absolute atomic E-state index is 0.00150. The molecule has 100 valence electrons. The van der Waals surface area contributed by atoms with Crippen molar-refractivity contribution in [2.45, 2.75) is 52.4 Å². The largest absolute Gasteiger partial charge is 0.299 e. The predicted octanol–water partition coefficient (Wildman–Crippen LogP) is 2.60. The molecule has 2 atom stereocenters. The van der Waals surface area contributed by atoms with Gasteiger partial charge in [0.05, 0.1) is 5.75 Å². The van der Waals surface area contributed by atoms with E-state index in [1.54, 1.807) is 6.92 Å². The number of hydrogen-bond acceptors (Lipinski definition) is 3. The van der Waals surface area contributed by atoms with Gasteiger partial charge in [0, 0.05) is 18.1 Å². The zero-order chi connectivity index (χ0) is 12.9. The number of Topliss-reactive ketones (excluding diaryl/α,β-unsaturated/α-hetero) is 1. The topological polar surface area (TPSA) is 51.2 Å². The van der Waals surface area contributed by atoms with E-state index in [1.807, 2.05) is 0 Å². The fraction of sp³-hybridized carbons (Fsp3) is 0.923. The van der Waals surface area contributed by atoms with Gasteiger partial charge in [-0.15, -0.1) is 0 Å². The highest BCUT2D eigenvalue weighted by atomic mass is 32.2. The maximum absolute atomic E-state index is 11.8. The Morgan fingerprint density at radius 1 is 1.24 bits per heavy atom. The predicted molar refractivity (Wildman–Crippen MR) is 69.7 cm³/mol. The van der Waals surface area contributed by atoms with E-state index in [9.17, 15) is 13.2 Å². The quantitative estimate of drug-likeness (QED) is 0.737. The Labute approximate surface area is 105 Å². The molecule has 1 aliphatic rings. The summed E-state index contributed by atoms with van der Waals surface area (Å²) in [7, 11) is -2.92. The van der Waals surface area contributed by atoms with Crippen LogP contribution in [0.25, 0.3) is 0 Å². The van der Waals surface area contributed by atoms with Crippen LogP contribution in [0.4, 0.5) is 0 Å². The minimum Gasteiger partial charge on any atom is -0.299 e. The average molecular weight is 260 g/mol. The van der Waals surface area contributed by atoms with Gasteiger partial charge in [-0.05, 0) is 25.2 Å². The van der Waals surface area contributed by atoms with E-state index < -0.39 is 9.84 Å². The van der Waals surface area contributed by atoms with Crippen molar-refractivity contribution in [2.24, 2.45) is 11.8 Å². The van der Waals surface area contributed by atoms with Crippen molar-refractivity contribution in [3.8, 4) is 0 Å². The van der Waals surface area contributed by atoms with Crippen LogP contribution in [0.3, 0.4) is 0 Å². The van der Waals surface area contributed by atoms with E-state index in [-0.39, 0.29) is 23.2 Å². The smallest absolute Gasteiger partial charge is 0.150 e. The average Bonchev–Trinajstić information content (AvgIpc) is 2.30. The van der Waals surface area contributed by atoms with E-state index in [4.69, 9.17) is 0 Å². The van der Waals surface area contributed by atoms with Gasteiger partial charge in [0.1, 0.15) is 15.6 Å². The normalized spacial score (nSPS) is 26.1. The molecule has 0 heterocycles. The monoisotopic (exact) mass is 260 g/mol. The second-order valence-electron chi connectivity index (χ2n) is 5.12. The van der Waals surface area contributed by atoms with E-state index in [0.29, 0.717) is 18.8 Å². The Bertz CT molecular complexity index is 346. The van der Waals surface area contributed by atoms with Crippen LogP contribution in [0, 0.1) is 11.8 Å². The van der Waals surface area contributed by atoms with Crippen molar-refractivity contribution >= 4 is 15.6 Å². The lowest BCUT2D eigenvalue weighted by atomic mass is 9.77. The van der Waals surface area contributed by atoms with Gasteiger partial charge < -0.3 is 0 Å². The number of sulfone groups is 1. The van der Waals surface area contributed by atoms with Crippen LogP contribution in [0.15, 0.2) is 0 Å². The van der Waals surface area contributed by atoms with Gasteiger partial charge in [-0.25, -0.2) is 8.42 Å². The summed E-state index contributed by atoms with van der Waals surface area (Å²) in [6.07, 6.45) is 5.43. The molecule has 0 aromatic rings. The molecule has 0 radical (unpaired) electrons. The third-order valence-electron chi connectivity index (χ3n) is 3.79.